The number of rotatable bonds is 9. The summed E-state index contributed by atoms with van der Waals surface area (Å²) in [6.07, 6.45) is 0.510. The van der Waals surface area contributed by atoms with E-state index in [0.717, 1.165) is 21.2 Å². The van der Waals surface area contributed by atoms with Gasteiger partial charge in [0, 0.05) is 16.5 Å². The van der Waals surface area contributed by atoms with Gasteiger partial charge in [0.05, 0.1) is 18.6 Å². The largest absolute Gasteiger partial charge is 0.496 e. The standard InChI is InChI=1S/C23H24BrNO5S/c1-15-4-6-17(7-5-15)23-25-21(16(2)30-23)14-31(27,28)13-20(26)10-8-18-12-19(24)9-11-22(18)29-3/h4-7,9,11-12H,8,10,13-14H2,1-3H3. The SMILES string of the molecule is COc1ccc(Br)cc1CCC(=O)CS(=O)(=O)Cc1nc(-c2ccc(C)cc2)oc1C. The molecule has 1 aromatic heterocycles. The van der Waals surface area contributed by atoms with E-state index in [1.807, 2.05) is 43.3 Å². The number of carbonyl (C=O) groups is 1. The molecule has 31 heavy (non-hydrogen) atoms. The van der Waals surface area contributed by atoms with Gasteiger partial charge in [0.1, 0.15) is 23.0 Å². The monoisotopic (exact) mass is 505 g/mol. The van der Waals surface area contributed by atoms with Crippen LogP contribution in [-0.4, -0.2) is 32.0 Å². The molecule has 8 heteroatoms. The molecule has 3 rings (SSSR count). The number of aryl methyl sites for hydroxylation is 3. The second-order valence-electron chi connectivity index (χ2n) is 7.42. The van der Waals surface area contributed by atoms with E-state index in [1.54, 1.807) is 20.1 Å². The first-order chi connectivity index (χ1) is 14.7. The zero-order valence-electron chi connectivity index (χ0n) is 17.6. The molecule has 0 aliphatic heterocycles. The van der Waals surface area contributed by atoms with Crippen LogP contribution in [0.1, 0.15) is 29.0 Å². The summed E-state index contributed by atoms with van der Waals surface area (Å²) >= 11 is 3.40. The van der Waals surface area contributed by atoms with Gasteiger partial charge in [-0.2, -0.15) is 0 Å². The number of hydrogen-bond donors (Lipinski definition) is 0. The fraction of sp³-hybridized carbons (Fsp3) is 0.304. The van der Waals surface area contributed by atoms with E-state index >= 15 is 0 Å². The molecule has 0 aliphatic rings. The fourth-order valence-corrected chi connectivity index (χ4v) is 5.00. The maximum Gasteiger partial charge on any atom is 0.226 e. The number of carbonyl (C=O) groups excluding carboxylic acids is 1. The Morgan fingerprint density at radius 2 is 1.84 bits per heavy atom. The molecule has 0 fully saturated rings. The molecule has 6 nitrogen and oxygen atoms in total. The van der Waals surface area contributed by atoms with Crippen LogP contribution in [0.25, 0.3) is 11.5 Å². The van der Waals surface area contributed by atoms with E-state index in [0.29, 0.717) is 29.5 Å². The Hall–Kier alpha value is -2.45. The van der Waals surface area contributed by atoms with Crippen LogP contribution < -0.4 is 4.74 Å². The van der Waals surface area contributed by atoms with Crippen LogP contribution in [0.3, 0.4) is 0 Å². The molecular weight excluding hydrogens is 482 g/mol. The Morgan fingerprint density at radius 3 is 2.52 bits per heavy atom. The summed E-state index contributed by atoms with van der Waals surface area (Å²) in [4.78, 5) is 16.7. The molecule has 0 unspecified atom stereocenters. The molecule has 0 N–H and O–H groups in total. The molecule has 0 bridgehead atoms. The molecule has 0 radical (unpaired) electrons. The predicted molar refractivity (Wildman–Crippen MR) is 123 cm³/mol. The van der Waals surface area contributed by atoms with Crippen molar-refractivity contribution >= 4 is 31.6 Å². The molecule has 1 heterocycles. The second kappa shape index (κ2) is 9.78. The van der Waals surface area contributed by atoms with E-state index in [1.165, 1.54) is 0 Å². The maximum absolute atomic E-state index is 12.6. The van der Waals surface area contributed by atoms with Gasteiger partial charge >= 0.3 is 0 Å². The topological polar surface area (TPSA) is 86.5 Å². The number of Topliss-reactive ketones (excluding diaryl/α,β-unsaturated/α-hetero) is 1. The molecule has 0 spiro atoms. The molecule has 3 aromatic rings. The lowest BCUT2D eigenvalue weighted by Gasteiger charge is -2.09. The fourth-order valence-electron chi connectivity index (χ4n) is 3.17. The lowest BCUT2D eigenvalue weighted by molar-refractivity contribution is -0.116. The second-order valence-corrected chi connectivity index (χ2v) is 10.4. The van der Waals surface area contributed by atoms with Crippen molar-refractivity contribution in [2.45, 2.75) is 32.4 Å². The highest BCUT2D eigenvalue weighted by atomic mass is 79.9. The molecule has 0 amide bonds. The minimum Gasteiger partial charge on any atom is -0.496 e. The quantitative estimate of drug-likeness (QED) is 0.413. The highest BCUT2D eigenvalue weighted by Crippen LogP contribution is 2.25. The predicted octanol–water partition coefficient (Wildman–Crippen LogP) is 4.85. The number of sulfone groups is 1. The summed E-state index contributed by atoms with van der Waals surface area (Å²) in [6.45, 7) is 3.66. The van der Waals surface area contributed by atoms with Crippen molar-refractivity contribution < 1.29 is 22.4 Å². The summed E-state index contributed by atoms with van der Waals surface area (Å²) in [5, 5.41) is 0. The first-order valence-electron chi connectivity index (χ1n) is 9.75. The highest BCUT2D eigenvalue weighted by Gasteiger charge is 2.22. The zero-order chi connectivity index (χ0) is 22.6. The third-order valence-electron chi connectivity index (χ3n) is 4.84. The number of halogens is 1. The smallest absolute Gasteiger partial charge is 0.226 e. The number of benzene rings is 2. The van der Waals surface area contributed by atoms with Gasteiger partial charge in [-0.05, 0) is 56.2 Å². The summed E-state index contributed by atoms with van der Waals surface area (Å²) in [5.74, 6) is 0.263. The molecular formula is C23H24BrNO5S. The summed E-state index contributed by atoms with van der Waals surface area (Å²) in [5.41, 5.74) is 3.06. The maximum atomic E-state index is 12.6. The van der Waals surface area contributed by atoms with E-state index in [4.69, 9.17) is 9.15 Å². The van der Waals surface area contributed by atoms with Crippen LogP contribution in [-0.2, 0) is 26.8 Å². The minimum absolute atomic E-state index is 0.110. The average Bonchev–Trinajstić information content (AvgIpc) is 3.06. The highest BCUT2D eigenvalue weighted by molar-refractivity contribution is 9.10. The van der Waals surface area contributed by atoms with Gasteiger partial charge in [-0.15, -0.1) is 0 Å². The molecule has 0 saturated carbocycles. The van der Waals surface area contributed by atoms with Gasteiger partial charge in [-0.3, -0.25) is 4.79 Å². The third-order valence-corrected chi connectivity index (χ3v) is 6.81. The van der Waals surface area contributed by atoms with E-state index in [-0.39, 0.29) is 18.0 Å². The first kappa shape index (κ1) is 23.2. The Morgan fingerprint density at radius 1 is 1.13 bits per heavy atom. The number of oxazole rings is 1. The summed E-state index contributed by atoms with van der Waals surface area (Å²) in [7, 11) is -2.11. The minimum atomic E-state index is -3.67. The first-order valence-corrected chi connectivity index (χ1v) is 12.4. The molecule has 0 aliphatic carbocycles. The van der Waals surface area contributed by atoms with Gasteiger partial charge in [0.15, 0.2) is 9.84 Å². The van der Waals surface area contributed by atoms with Crippen LogP contribution in [0, 0.1) is 13.8 Å². The van der Waals surface area contributed by atoms with Gasteiger partial charge in [0.2, 0.25) is 5.89 Å². The zero-order valence-corrected chi connectivity index (χ0v) is 20.0. The van der Waals surface area contributed by atoms with Crippen molar-refractivity contribution in [3.8, 4) is 17.2 Å². The van der Waals surface area contributed by atoms with Crippen LogP contribution in [0.2, 0.25) is 0 Å². The number of methoxy groups -OCH3 is 1. The summed E-state index contributed by atoms with van der Waals surface area (Å²) in [6, 6.07) is 13.1. The summed E-state index contributed by atoms with van der Waals surface area (Å²) < 4.78 is 37.0. The average molecular weight is 506 g/mol. The Balaban J connectivity index is 1.64. The van der Waals surface area contributed by atoms with Crippen molar-refractivity contribution in [1.29, 1.82) is 0 Å². The van der Waals surface area contributed by atoms with Crippen molar-refractivity contribution in [3.05, 3.63) is 69.5 Å². The van der Waals surface area contributed by atoms with Crippen LogP contribution in [0.4, 0.5) is 0 Å². The lowest BCUT2D eigenvalue weighted by Crippen LogP contribution is -2.18. The van der Waals surface area contributed by atoms with Gasteiger partial charge in [-0.1, -0.05) is 33.6 Å². The van der Waals surface area contributed by atoms with Gasteiger partial charge in [0.25, 0.3) is 0 Å². The van der Waals surface area contributed by atoms with Crippen LogP contribution in [0.15, 0.2) is 51.4 Å². The van der Waals surface area contributed by atoms with Crippen molar-refractivity contribution in [3.63, 3.8) is 0 Å². The lowest BCUT2D eigenvalue weighted by atomic mass is 10.1. The number of nitrogens with zero attached hydrogens (tertiary/aromatic N) is 1. The molecule has 2 aromatic carbocycles. The van der Waals surface area contributed by atoms with Crippen molar-refractivity contribution in [2.75, 3.05) is 12.9 Å². The normalized spacial score (nSPS) is 11.5. The number of aromatic nitrogens is 1. The van der Waals surface area contributed by atoms with Gasteiger partial charge < -0.3 is 9.15 Å². The van der Waals surface area contributed by atoms with E-state index < -0.39 is 15.6 Å². The van der Waals surface area contributed by atoms with Gasteiger partial charge in [-0.25, -0.2) is 13.4 Å². The molecule has 0 saturated heterocycles. The van der Waals surface area contributed by atoms with Crippen LogP contribution in [0.5, 0.6) is 5.75 Å². The van der Waals surface area contributed by atoms with Crippen molar-refractivity contribution in [2.24, 2.45) is 0 Å². The van der Waals surface area contributed by atoms with E-state index in [9.17, 15) is 13.2 Å². The van der Waals surface area contributed by atoms with Crippen LogP contribution >= 0.6 is 15.9 Å². The number of hydrogen-bond acceptors (Lipinski definition) is 6. The molecule has 164 valence electrons. The Labute approximate surface area is 190 Å². The van der Waals surface area contributed by atoms with E-state index in [2.05, 4.69) is 20.9 Å². The molecule has 0 atom stereocenters. The number of ketones is 1. The Kier molecular flexibility index (Phi) is 7.33. The third kappa shape index (κ3) is 6.27. The number of ether oxygens (including phenoxy) is 1. The Bertz CT molecular complexity index is 1180. The van der Waals surface area contributed by atoms with Crippen molar-refractivity contribution in [1.82, 2.24) is 4.98 Å².